The zero-order valence-corrected chi connectivity index (χ0v) is 11.3. The number of ether oxygens (including phenoxy) is 1. The van der Waals surface area contributed by atoms with E-state index in [1.165, 1.54) is 6.07 Å². The van der Waals surface area contributed by atoms with Gasteiger partial charge in [0.05, 0.1) is 0 Å². The predicted molar refractivity (Wildman–Crippen MR) is 69.3 cm³/mol. The summed E-state index contributed by atoms with van der Waals surface area (Å²) in [5.74, 6) is 0.0704. The highest BCUT2D eigenvalue weighted by atomic mass is 35.5. The van der Waals surface area contributed by atoms with E-state index in [1.54, 1.807) is 32.9 Å². The van der Waals surface area contributed by atoms with Gasteiger partial charge in [0.15, 0.2) is 0 Å². The normalized spacial score (nSPS) is 11.1. The first kappa shape index (κ1) is 14.6. The third-order valence-corrected chi connectivity index (χ3v) is 2.30. The smallest absolute Gasteiger partial charge is 0.422 e. The van der Waals surface area contributed by atoms with E-state index in [0.29, 0.717) is 10.6 Å². The Balaban J connectivity index is 2.45. The van der Waals surface area contributed by atoms with E-state index in [9.17, 15) is 9.90 Å². The Bertz CT molecular complexity index is 410. The number of phenols is 1. The number of aromatic hydroxyl groups is 1. The molecule has 5 nitrogen and oxygen atoms in total. The molecular formula is C12H17ClN2O3. The first-order valence-corrected chi connectivity index (χ1v) is 5.85. The highest BCUT2D eigenvalue weighted by molar-refractivity contribution is 6.31. The number of nitrogens with one attached hydrogen (secondary N) is 2. The van der Waals surface area contributed by atoms with Crippen LogP contribution in [0.2, 0.25) is 5.02 Å². The number of carbonyl (C=O) groups excluding carboxylic acids is 1. The molecule has 0 saturated carbocycles. The lowest BCUT2D eigenvalue weighted by Crippen LogP contribution is -2.40. The average Bonchev–Trinajstić information content (AvgIpc) is 2.19. The van der Waals surface area contributed by atoms with Crippen molar-refractivity contribution in [2.24, 2.45) is 0 Å². The zero-order chi connectivity index (χ0) is 13.8. The monoisotopic (exact) mass is 272 g/mol. The molecule has 0 spiro atoms. The molecule has 1 rings (SSSR count). The Morgan fingerprint density at radius 3 is 2.67 bits per heavy atom. The van der Waals surface area contributed by atoms with Gasteiger partial charge in [-0.2, -0.15) is 0 Å². The van der Waals surface area contributed by atoms with E-state index < -0.39 is 11.7 Å². The lowest BCUT2D eigenvalue weighted by Gasteiger charge is -2.20. The number of amides is 1. The third kappa shape index (κ3) is 4.81. The second kappa shape index (κ2) is 5.93. The Hall–Kier alpha value is -1.46. The zero-order valence-electron chi connectivity index (χ0n) is 10.6. The maximum Gasteiger partial charge on any atom is 0.422 e. The molecule has 3 N–H and O–H groups in total. The maximum absolute atomic E-state index is 11.3. The molecule has 18 heavy (non-hydrogen) atoms. The van der Waals surface area contributed by atoms with E-state index >= 15 is 0 Å². The Morgan fingerprint density at radius 1 is 1.44 bits per heavy atom. The molecule has 0 aromatic heterocycles. The third-order valence-electron chi connectivity index (χ3n) is 1.95. The Labute approximate surface area is 111 Å². The summed E-state index contributed by atoms with van der Waals surface area (Å²) in [5.41, 5.74) is 4.95. The average molecular weight is 273 g/mol. The molecule has 0 heterocycles. The van der Waals surface area contributed by atoms with Crippen molar-refractivity contribution in [1.82, 2.24) is 10.9 Å². The molecule has 6 heteroatoms. The lowest BCUT2D eigenvalue weighted by atomic mass is 10.2. The number of halogens is 1. The molecule has 0 unspecified atom stereocenters. The van der Waals surface area contributed by atoms with Gasteiger partial charge in [-0.25, -0.2) is 10.2 Å². The molecule has 1 aromatic rings. The fraction of sp³-hybridized carbons (Fsp3) is 0.417. The molecule has 1 aromatic carbocycles. The minimum Gasteiger partial charge on any atom is -0.508 e. The van der Waals surface area contributed by atoms with Gasteiger partial charge in [-0.15, -0.1) is 0 Å². The van der Waals surface area contributed by atoms with Crippen LogP contribution in [0, 0.1) is 0 Å². The van der Waals surface area contributed by atoms with Crippen LogP contribution in [-0.2, 0) is 11.3 Å². The van der Waals surface area contributed by atoms with Crippen LogP contribution in [0.1, 0.15) is 26.3 Å². The highest BCUT2D eigenvalue weighted by Gasteiger charge is 2.15. The van der Waals surface area contributed by atoms with Crippen LogP contribution in [0.25, 0.3) is 0 Å². The molecule has 100 valence electrons. The number of rotatable bonds is 3. The summed E-state index contributed by atoms with van der Waals surface area (Å²) >= 11 is 5.91. The quantitative estimate of drug-likeness (QED) is 0.740. The summed E-state index contributed by atoms with van der Waals surface area (Å²) < 4.78 is 5.03. The van der Waals surface area contributed by atoms with Gasteiger partial charge in [-0.05, 0) is 32.9 Å². The van der Waals surface area contributed by atoms with Crippen molar-refractivity contribution in [3.05, 3.63) is 28.8 Å². The van der Waals surface area contributed by atoms with Gasteiger partial charge < -0.3 is 9.84 Å². The van der Waals surface area contributed by atoms with Crippen LogP contribution in [0.15, 0.2) is 18.2 Å². The number of hydrogen-bond donors (Lipinski definition) is 3. The van der Waals surface area contributed by atoms with Gasteiger partial charge in [0.2, 0.25) is 0 Å². The van der Waals surface area contributed by atoms with Crippen LogP contribution in [0.3, 0.4) is 0 Å². The van der Waals surface area contributed by atoms with Gasteiger partial charge in [0, 0.05) is 17.1 Å². The summed E-state index contributed by atoms with van der Waals surface area (Å²) in [7, 11) is 0. The Kier molecular flexibility index (Phi) is 4.81. The molecular weight excluding hydrogens is 256 g/mol. The van der Waals surface area contributed by atoms with Gasteiger partial charge in [0.1, 0.15) is 11.4 Å². The van der Waals surface area contributed by atoms with E-state index in [2.05, 4.69) is 10.9 Å². The van der Waals surface area contributed by atoms with Gasteiger partial charge in [-0.1, -0.05) is 17.7 Å². The van der Waals surface area contributed by atoms with Gasteiger partial charge >= 0.3 is 6.09 Å². The molecule has 0 atom stereocenters. The minimum atomic E-state index is -0.589. The Morgan fingerprint density at radius 2 is 2.11 bits per heavy atom. The fourth-order valence-electron chi connectivity index (χ4n) is 1.23. The van der Waals surface area contributed by atoms with E-state index in [1.807, 2.05) is 0 Å². The molecule has 0 aliphatic rings. The van der Waals surface area contributed by atoms with Crippen LogP contribution in [0.4, 0.5) is 4.79 Å². The highest BCUT2D eigenvalue weighted by Crippen LogP contribution is 2.24. The summed E-state index contributed by atoms with van der Waals surface area (Å²) in [6, 6.07) is 4.82. The summed E-state index contributed by atoms with van der Waals surface area (Å²) in [6.45, 7) is 5.51. The van der Waals surface area contributed by atoms with Crippen LogP contribution in [0.5, 0.6) is 5.75 Å². The van der Waals surface area contributed by atoms with Crippen LogP contribution < -0.4 is 10.9 Å². The lowest BCUT2D eigenvalue weighted by molar-refractivity contribution is 0.0496. The molecule has 0 fully saturated rings. The number of phenolic OH excluding ortho intramolecular Hbond substituents is 1. The summed E-state index contributed by atoms with van der Waals surface area (Å²) in [4.78, 5) is 11.3. The molecule has 0 aliphatic carbocycles. The number of hydrogen-bond acceptors (Lipinski definition) is 4. The van der Waals surface area contributed by atoms with Crippen molar-refractivity contribution < 1.29 is 14.6 Å². The van der Waals surface area contributed by atoms with Crippen molar-refractivity contribution in [1.29, 1.82) is 0 Å². The SMILES string of the molecule is CC(C)(C)OC(=O)NNCc1c(O)cccc1Cl. The minimum absolute atomic E-state index is 0.0704. The summed E-state index contributed by atoms with van der Waals surface area (Å²) in [6.07, 6.45) is -0.589. The van der Waals surface area contributed by atoms with Crippen molar-refractivity contribution in [3.8, 4) is 5.75 Å². The molecule has 0 radical (unpaired) electrons. The second-order valence-corrected chi connectivity index (χ2v) is 5.13. The topological polar surface area (TPSA) is 70.6 Å². The largest absolute Gasteiger partial charge is 0.508 e. The second-order valence-electron chi connectivity index (χ2n) is 4.72. The first-order valence-electron chi connectivity index (χ1n) is 5.48. The van der Waals surface area contributed by atoms with E-state index in [4.69, 9.17) is 16.3 Å². The van der Waals surface area contributed by atoms with Crippen molar-refractivity contribution >= 4 is 17.7 Å². The maximum atomic E-state index is 11.3. The van der Waals surface area contributed by atoms with Gasteiger partial charge in [0.25, 0.3) is 0 Å². The van der Waals surface area contributed by atoms with Crippen LogP contribution in [-0.4, -0.2) is 16.8 Å². The summed E-state index contributed by atoms with van der Waals surface area (Å²) in [5, 5.41) is 10.00. The standard InChI is InChI=1S/C12H17ClN2O3/c1-12(2,3)18-11(17)15-14-7-8-9(13)5-4-6-10(8)16/h4-6,14,16H,7H2,1-3H3,(H,15,17). The predicted octanol–water partition coefficient (Wildman–Crippen LogP) is 2.57. The first-order chi connectivity index (χ1) is 8.29. The molecule has 0 aliphatic heterocycles. The van der Waals surface area contributed by atoms with Crippen LogP contribution >= 0.6 is 11.6 Å². The molecule has 1 amide bonds. The van der Waals surface area contributed by atoms with Crippen molar-refractivity contribution in [3.63, 3.8) is 0 Å². The number of benzene rings is 1. The molecule has 0 saturated heterocycles. The van der Waals surface area contributed by atoms with E-state index in [-0.39, 0.29) is 12.3 Å². The molecule has 0 bridgehead atoms. The number of hydrazine groups is 1. The van der Waals surface area contributed by atoms with E-state index in [0.717, 1.165) is 0 Å². The van der Waals surface area contributed by atoms with Crippen molar-refractivity contribution in [2.45, 2.75) is 32.9 Å². The number of carbonyl (C=O) groups is 1. The van der Waals surface area contributed by atoms with Gasteiger partial charge in [-0.3, -0.25) is 5.43 Å². The van der Waals surface area contributed by atoms with Crippen molar-refractivity contribution in [2.75, 3.05) is 0 Å². The fourth-order valence-corrected chi connectivity index (χ4v) is 1.47.